The number of nitrogens with zero attached hydrogens (tertiary/aromatic N) is 1. The Morgan fingerprint density at radius 1 is 1.00 bits per heavy atom. The van der Waals surface area contributed by atoms with Gasteiger partial charge in [0.15, 0.2) is 0 Å². The summed E-state index contributed by atoms with van der Waals surface area (Å²) in [6.45, 7) is 1.25. The second-order valence-corrected chi connectivity index (χ2v) is 8.75. The van der Waals surface area contributed by atoms with Crippen molar-refractivity contribution in [2.45, 2.75) is 4.90 Å². The van der Waals surface area contributed by atoms with Gasteiger partial charge in [0.25, 0.3) is 0 Å². The van der Waals surface area contributed by atoms with Crippen molar-refractivity contribution in [3.05, 3.63) is 48.0 Å². The molecule has 1 saturated heterocycles. The lowest BCUT2D eigenvalue weighted by Crippen LogP contribution is -2.40. The average molecular weight is 463 g/mol. The number of benzene rings is 2. The average Bonchev–Trinajstić information content (AvgIpc) is 2.83. The van der Waals surface area contributed by atoms with Crippen LogP contribution in [0.3, 0.4) is 0 Å². The van der Waals surface area contributed by atoms with Crippen molar-refractivity contribution in [3.63, 3.8) is 0 Å². The third kappa shape index (κ3) is 5.39. The highest BCUT2D eigenvalue weighted by atomic mass is 32.2. The number of nitrogens with one attached hydrogen (secondary N) is 1. The fourth-order valence-electron chi connectivity index (χ4n) is 3.19. The van der Waals surface area contributed by atoms with E-state index in [0.29, 0.717) is 36.0 Å². The molecular weight excluding hydrogens is 436 g/mol. The van der Waals surface area contributed by atoms with E-state index in [1.54, 1.807) is 31.4 Å². The van der Waals surface area contributed by atoms with E-state index in [4.69, 9.17) is 18.9 Å². The summed E-state index contributed by atoms with van der Waals surface area (Å²) in [5.74, 6) is 1.07. The molecule has 0 spiro atoms. The van der Waals surface area contributed by atoms with Crippen LogP contribution in [0, 0.1) is 0 Å². The Morgan fingerprint density at radius 2 is 1.69 bits per heavy atom. The Bertz CT molecular complexity index is 1090. The first kappa shape index (κ1) is 23.6. The van der Waals surface area contributed by atoms with Gasteiger partial charge < -0.3 is 24.3 Å². The van der Waals surface area contributed by atoms with Gasteiger partial charge in [0.05, 0.1) is 45.1 Å². The van der Waals surface area contributed by atoms with Crippen LogP contribution in [0.15, 0.2) is 47.4 Å². The smallest absolute Gasteiger partial charge is 0.248 e. The molecule has 1 aliphatic rings. The van der Waals surface area contributed by atoms with Gasteiger partial charge >= 0.3 is 0 Å². The van der Waals surface area contributed by atoms with E-state index in [9.17, 15) is 13.2 Å². The number of amides is 1. The second-order valence-electron chi connectivity index (χ2n) is 6.81. The first-order valence-electron chi connectivity index (χ1n) is 9.86. The highest BCUT2D eigenvalue weighted by Gasteiger charge is 2.27. The molecule has 0 radical (unpaired) electrons. The third-order valence-corrected chi connectivity index (χ3v) is 6.78. The molecule has 32 heavy (non-hydrogen) atoms. The number of morpholine rings is 1. The van der Waals surface area contributed by atoms with Crippen molar-refractivity contribution >= 4 is 27.7 Å². The number of ether oxygens (including phenoxy) is 4. The zero-order chi connectivity index (χ0) is 23.1. The Labute approximate surface area is 187 Å². The standard InChI is InChI=1S/C22H26N2O7S/c1-28-17-5-7-20(29-2)16(14-17)4-9-22(25)23-19-15-18(6-8-21(19)30-3)32(26,27)24-10-12-31-13-11-24/h4-9,14-15H,10-13H2,1-3H3,(H,23,25)/b9-4+. The molecule has 172 valence electrons. The van der Waals surface area contributed by atoms with Crippen molar-refractivity contribution in [2.24, 2.45) is 0 Å². The normalized spacial score (nSPS) is 14.8. The van der Waals surface area contributed by atoms with Gasteiger partial charge in [-0.3, -0.25) is 4.79 Å². The number of hydrogen-bond donors (Lipinski definition) is 1. The molecule has 0 aromatic heterocycles. The van der Waals surface area contributed by atoms with Gasteiger partial charge in [0.1, 0.15) is 17.2 Å². The Kier molecular flexibility index (Phi) is 7.73. The van der Waals surface area contributed by atoms with Gasteiger partial charge in [-0.05, 0) is 42.5 Å². The van der Waals surface area contributed by atoms with Gasteiger partial charge in [-0.15, -0.1) is 0 Å². The molecule has 10 heteroatoms. The highest BCUT2D eigenvalue weighted by Crippen LogP contribution is 2.30. The molecule has 1 heterocycles. The van der Waals surface area contributed by atoms with Crippen LogP contribution in [-0.2, 0) is 19.6 Å². The number of hydrogen-bond acceptors (Lipinski definition) is 7. The maximum absolute atomic E-state index is 12.9. The van der Waals surface area contributed by atoms with Crippen molar-refractivity contribution in [3.8, 4) is 17.2 Å². The van der Waals surface area contributed by atoms with Crippen LogP contribution in [0.5, 0.6) is 17.2 Å². The Balaban J connectivity index is 1.83. The van der Waals surface area contributed by atoms with Crippen molar-refractivity contribution in [1.29, 1.82) is 0 Å². The number of carbonyl (C=O) groups excluding carboxylic acids is 1. The van der Waals surface area contributed by atoms with Gasteiger partial charge in [-0.2, -0.15) is 4.31 Å². The molecule has 0 unspecified atom stereocenters. The number of sulfonamides is 1. The maximum Gasteiger partial charge on any atom is 0.248 e. The number of carbonyl (C=O) groups is 1. The molecule has 3 rings (SSSR count). The van der Waals surface area contributed by atoms with E-state index in [2.05, 4.69) is 5.32 Å². The molecule has 1 N–H and O–H groups in total. The second kappa shape index (κ2) is 10.5. The molecule has 1 aliphatic heterocycles. The van der Waals surface area contributed by atoms with E-state index in [-0.39, 0.29) is 23.7 Å². The maximum atomic E-state index is 12.9. The summed E-state index contributed by atoms with van der Waals surface area (Å²) in [4.78, 5) is 12.6. The minimum absolute atomic E-state index is 0.0638. The van der Waals surface area contributed by atoms with E-state index < -0.39 is 15.9 Å². The minimum atomic E-state index is -3.72. The summed E-state index contributed by atoms with van der Waals surface area (Å²) < 4.78 is 48.3. The van der Waals surface area contributed by atoms with Crippen molar-refractivity contribution < 1.29 is 32.2 Å². The summed E-state index contributed by atoms with van der Waals surface area (Å²) in [5.41, 5.74) is 0.895. The fraction of sp³-hybridized carbons (Fsp3) is 0.318. The van der Waals surface area contributed by atoms with Crippen LogP contribution >= 0.6 is 0 Å². The monoisotopic (exact) mass is 462 g/mol. The molecule has 1 fully saturated rings. The lowest BCUT2D eigenvalue weighted by Gasteiger charge is -2.26. The van der Waals surface area contributed by atoms with E-state index in [1.165, 1.54) is 42.8 Å². The predicted octanol–water partition coefficient (Wildman–Crippen LogP) is 2.39. The zero-order valence-corrected chi connectivity index (χ0v) is 19.0. The van der Waals surface area contributed by atoms with Gasteiger partial charge in [-0.1, -0.05) is 0 Å². The van der Waals surface area contributed by atoms with Crippen LogP contribution < -0.4 is 19.5 Å². The van der Waals surface area contributed by atoms with E-state index >= 15 is 0 Å². The predicted molar refractivity (Wildman–Crippen MR) is 120 cm³/mol. The summed E-state index contributed by atoms with van der Waals surface area (Å²) in [6, 6.07) is 9.58. The first-order chi connectivity index (χ1) is 15.4. The van der Waals surface area contributed by atoms with E-state index in [0.717, 1.165) is 0 Å². The topological polar surface area (TPSA) is 103 Å². The number of anilines is 1. The van der Waals surface area contributed by atoms with Crippen LogP contribution in [0.2, 0.25) is 0 Å². The summed E-state index contributed by atoms with van der Waals surface area (Å²) in [5, 5.41) is 2.68. The highest BCUT2D eigenvalue weighted by molar-refractivity contribution is 7.89. The third-order valence-electron chi connectivity index (χ3n) is 4.89. The fourth-order valence-corrected chi connectivity index (χ4v) is 4.63. The minimum Gasteiger partial charge on any atom is -0.497 e. The molecule has 9 nitrogen and oxygen atoms in total. The molecule has 0 atom stereocenters. The quantitative estimate of drug-likeness (QED) is 0.601. The molecule has 2 aromatic rings. The molecule has 0 saturated carbocycles. The van der Waals surface area contributed by atoms with Crippen LogP contribution in [0.4, 0.5) is 5.69 Å². The van der Waals surface area contributed by atoms with Gasteiger partial charge in [0.2, 0.25) is 15.9 Å². The van der Waals surface area contributed by atoms with E-state index in [1.807, 2.05) is 0 Å². The molecular formula is C22H26N2O7S. The molecule has 2 aromatic carbocycles. The molecule has 0 aliphatic carbocycles. The summed E-state index contributed by atoms with van der Waals surface area (Å²) in [6.07, 6.45) is 2.90. The SMILES string of the molecule is COc1ccc(OC)c(/C=C/C(=O)Nc2cc(S(=O)(=O)N3CCOCC3)ccc2OC)c1. The zero-order valence-electron chi connectivity index (χ0n) is 18.2. The van der Waals surface area contributed by atoms with Crippen molar-refractivity contribution in [1.82, 2.24) is 4.31 Å². The summed E-state index contributed by atoms with van der Waals surface area (Å²) >= 11 is 0. The Hall–Kier alpha value is -3.08. The lowest BCUT2D eigenvalue weighted by molar-refractivity contribution is -0.111. The largest absolute Gasteiger partial charge is 0.497 e. The van der Waals surface area contributed by atoms with Crippen LogP contribution in [0.25, 0.3) is 6.08 Å². The molecule has 1 amide bonds. The first-order valence-corrected chi connectivity index (χ1v) is 11.3. The number of methoxy groups -OCH3 is 3. The lowest BCUT2D eigenvalue weighted by atomic mass is 10.1. The van der Waals surface area contributed by atoms with Crippen LogP contribution in [-0.4, -0.2) is 66.3 Å². The Morgan fingerprint density at radius 3 is 2.34 bits per heavy atom. The summed E-state index contributed by atoms with van der Waals surface area (Å²) in [7, 11) is 0.803. The van der Waals surface area contributed by atoms with Gasteiger partial charge in [-0.25, -0.2) is 8.42 Å². The molecule has 0 bridgehead atoms. The van der Waals surface area contributed by atoms with Crippen LogP contribution in [0.1, 0.15) is 5.56 Å². The number of rotatable bonds is 8. The van der Waals surface area contributed by atoms with Crippen molar-refractivity contribution in [2.75, 3.05) is 52.9 Å². The van der Waals surface area contributed by atoms with Gasteiger partial charge in [0, 0.05) is 24.7 Å².